The molecule has 0 atom stereocenters. The highest BCUT2D eigenvalue weighted by molar-refractivity contribution is 7.17. The molecule has 5 nitrogen and oxygen atoms in total. The highest BCUT2D eigenvalue weighted by Gasteiger charge is 2.24. The number of ketones is 1. The van der Waals surface area contributed by atoms with E-state index < -0.39 is 0 Å². The zero-order chi connectivity index (χ0) is 22.1. The topological polar surface area (TPSA) is 45.7 Å². The van der Waals surface area contributed by atoms with E-state index in [0.29, 0.717) is 6.61 Å². The maximum Gasteiger partial charge on any atom is 0.190 e. The number of thiazole rings is 1. The molecule has 32 heavy (non-hydrogen) atoms. The summed E-state index contributed by atoms with van der Waals surface area (Å²) in [6.45, 7) is 8.24. The summed E-state index contributed by atoms with van der Waals surface area (Å²) in [5, 5.41) is 0.855. The van der Waals surface area contributed by atoms with E-state index in [0.717, 1.165) is 40.2 Å². The van der Waals surface area contributed by atoms with E-state index >= 15 is 0 Å². The smallest absolute Gasteiger partial charge is 0.190 e. The van der Waals surface area contributed by atoms with Crippen molar-refractivity contribution in [3.63, 3.8) is 0 Å². The van der Waals surface area contributed by atoms with Gasteiger partial charge in [0.25, 0.3) is 0 Å². The maximum atomic E-state index is 11.9. The monoisotopic (exact) mass is 447 g/mol. The van der Waals surface area contributed by atoms with Gasteiger partial charge in [-0.15, -0.1) is 0 Å². The fourth-order valence-electron chi connectivity index (χ4n) is 4.65. The minimum Gasteiger partial charge on any atom is -0.490 e. The first kappa shape index (κ1) is 21.2. The van der Waals surface area contributed by atoms with Gasteiger partial charge in [-0.05, 0) is 67.7 Å². The normalized spacial score (nSPS) is 16.5. The molecule has 0 N–H and O–H groups in total. The average molecular weight is 448 g/mol. The van der Waals surface area contributed by atoms with Gasteiger partial charge in [0.2, 0.25) is 0 Å². The number of piperidine rings is 1. The molecule has 2 aromatic carbocycles. The Kier molecular flexibility index (Phi) is 5.98. The third kappa shape index (κ3) is 4.30. The van der Waals surface area contributed by atoms with Crippen molar-refractivity contribution >= 4 is 27.9 Å². The van der Waals surface area contributed by atoms with Gasteiger partial charge in [0.15, 0.2) is 10.9 Å². The number of likely N-dealkylation sites (tertiary alicyclic amines) is 1. The molecule has 2 aliphatic heterocycles. The fraction of sp³-hybridized carbons (Fsp3) is 0.385. The number of rotatable bonds is 5. The summed E-state index contributed by atoms with van der Waals surface area (Å²) in [6.07, 6.45) is 3.97. The van der Waals surface area contributed by atoms with Crippen LogP contribution in [0.25, 0.3) is 11.1 Å². The fourth-order valence-corrected chi connectivity index (χ4v) is 5.65. The van der Waals surface area contributed by atoms with E-state index in [9.17, 15) is 4.79 Å². The third-order valence-corrected chi connectivity index (χ3v) is 7.55. The lowest BCUT2D eigenvalue weighted by Gasteiger charge is -2.29. The quantitative estimate of drug-likeness (QED) is 0.460. The molecule has 1 fully saturated rings. The highest BCUT2D eigenvalue weighted by atomic mass is 32.1. The summed E-state index contributed by atoms with van der Waals surface area (Å²) in [4.78, 5) is 22.1. The van der Waals surface area contributed by atoms with Gasteiger partial charge in [-0.3, -0.25) is 9.69 Å². The van der Waals surface area contributed by atoms with E-state index in [-0.39, 0.29) is 5.78 Å². The van der Waals surface area contributed by atoms with Crippen molar-refractivity contribution < 1.29 is 9.53 Å². The number of aryl methyl sites for hydroxylation is 1. The van der Waals surface area contributed by atoms with Crippen molar-refractivity contribution in [2.24, 2.45) is 0 Å². The molecular formula is C26H29N3O2S. The number of aromatic nitrogens is 1. The van der Waals surface area contributed by atoms with Crippen molar-refractivity contribution in [3.8, 4) is 16.9 Å². The van der Waals surface area contributed by atoms with Gasteiger partial charge in [0.1, 0.15) is 12.4 Å². The maximum absolute atomic E-state index is 11.9. The predicted molar refractivity (Wildman–Crippen MR) is 130 cm³/mol. The van der Waals surface area contributed by atoms with Crippen LogP contribution in [-0.4, -0.2) is 41.9 Å². The first-order chi connectivity index (χ1) is 15.6. The van der Waals surface area contributed by atoms with Crippen LogP contribution in [0.4, 0.5) is 10.8 Å². The lowest BCUT2D eigenvalue weighted by atomic mass is 10.0. The van der Waals surface area contributed by atoms with Crippen LogP contribution in [0, 0.1) is 6.92 Å². The van der Waals surface area contributed by atoms with Gasteiger partial charge in [-0.2, -0.15) is 0 Å². The number of carbonyl (C=O) groups excluding carboxylic acids is 1. The van der Waals surface area contributed by atoms with Gasteiger partial charge in [-0.25, -0.2) is 4.98 Å². The minimum atomic E-state index is 0.0685. The molecule has 3 aromatic rings. The first-order valence-corrected chi connectivity index (χ1v) is 12.2. The van der Waals surface area contributed by atoms with Crippen molar-refractivity contribution in [2.45, 2.75) is 39.7 Å². The second-order valence-corrected chi connectivity index (χ2v) is 9.66. The molecule has 3 heterocycles. The number of benzene rings is 2. The second-order valence-electron chi connectivity index (χ2n) is 8.69. The molecule has 0 aliphatic carbocycles. The summed E-state index contributed by atoms with van der Waals surface area (Å²) >= 11 is 1.47. The lowest BCUT2D eigenvalue weighted by molar-refractivity contribution is 0.102. The van der Waals surface area contributed by atoms with E-state index in [4.69, 9.17) is 9.72 Å². The van der Waals surface area contributed by atoms with Gasteiger partial charge in [-0.1, -0.05) is 42.0 Å². The molecule has 5 rings (SSSR count). The Labute approximate surface area is 193 Å². The number of nitrogens with zero attached hydrogens (tertiary/aromatic N) is 3. The Morgan fingerprint density at radius 2 is 1.88 bits per heavy atom. The van der Waals surface area contributed by atoms with E-state index in [1.807, 2.05) is 6.92 Å². The third-order valence-electron chi connectivity index (χ3n) is 6.27. The molecule has 0 amide bonds. The predicted octanol–water partition coefficient (Wildman–Crippen LogP) is 5.84. The molecule has 166 valence electrons. The highest BCUT2D eigenvalue weighted by Crippen LogP contribution is 2.41. The average Bonchev–Trinajstić information content (AvgIpc) is 3.21. The lowest BCUT2D eigenvalue weighted by Crippen LogP contribution is -2.29. The van der Waals surface area contributed by atoms with Crippen LogP contribution in [0.1, 0.15) is 47.1 Å². The van der Waals surface area contributed by atoms with Crippen LogP contribution in [0.2, 0.25) is 0 Å². The van der Waals surface area contributed by atoms with Crippen molar-refractivity contribution in [3.05, 3.63) is 58.6 Å². The molecule has 1 saturated heterocycles. The second kappa shape index (κ2) is 9.04. The molecule has 0 spiro atoms. The van der Waals surface area contributed by atoms with Crippen LogP contribution in [0.5, 0.6) is 5.75 Å². The van der Waals surface area contributed by atoms with Crippen molar-refractivity contribution in [2.75, 3.05) is 31.1 Å². The standard InChI is InChI=1S/C26H29N3O2S/c1-18-25(19(2)30)32-26(27-18)29-13-14-31-24-10-9-22(16-23(24)29)21-8-6-7-20(15-21)17-28-11-4-3-5-12-28/h6-10,15-16H,3-5,11-14,17H2,1-2H3. The number of hydrogen-bond acceptors (Lipinski definition) is 6. The zero-order valence-corrected chi connectivity index (χ0v) is 19.6. The summed E-state index contributed by atoms with van der Waals surface area (Å²) in [6, 6.07) is 15.3. The van der Waals surface area contributed by atoms with Gasteiger partial charge < -0.3 is 9.64 Å². The number of fused-ring (bicyclic) bond motifs is 1. The summed E-state index contributed by atoms with van der Waals surface area (Å²) in [5.74, 6) is 0.931. The molecule has 0 unspecified atom stereocenters. The Bertz CT molecular complexity index is 1130. The zero-order valence-electron chi connectivity index (χ0n) is 18.8. The Morgan fingerprint density at radius 1 is 1.06 bits per heavy atom. The summed E-state index contributed by atoms with van der Waals surface area (Å²) < 4.78 is 5.94. The molecular weight excluding hydrogens is 418 g/mol. The summed E-state index contributed by atoms with van der Waals surface area (Å²) in [7, 11) is 0. The van der Waals surface area contributed by atoms with E-state index in [2.05, 4.69) is 52.3 Å². The minimum absolute atomic E-state index is 0.0685. The Morgan fingerprint density at radius 3 is 2.66 bits per heavy atom. The number of ether oxygens (including phenoxy) is 1. The van der Waals surface area contributed by atoms with Crippen molar-refractivity contribution in [1.82, 2.24) is 9.88 Å². The van der Waals surface area contributed by atoms with Crippen LogP contribution in [-0.2, 0) is 6.54 Å². The van der Waals surface area contributed by atoms with E-state index in [1.54, 1.807) is 6.92 Å². The van der Waals surface area contributed by atoms with Crippen LogP contribution in [0.15, 0.2) is 42.5 Å². The molecule has 6 heteroatoms. The molecule has 0 bridgehead atoms. The Hall–Kier alpha value is -2.70. The first-order valence-electron chi connectivity index (χ1n) is 11.4. The van der Waals surface area contributed by atoms with Gasteiger partial charge in [0.05, 0.1) is 22.8 Å². The van der Waals surface area contributed by atoms with Crippen LogP contribution >= 0.6 is 11.3 Å². The largest absolute Gasteiger partial charge is 0.490 e. The molecule has 1 aromatic heterocycles. The summed E-state index contributed by atoms with van der Waals surface area (Å²) in [5.41, 5.74) is 5.55. The van der Waals surface area contributed by atoms with Gasteiger partial charge >= 0.3 is 0 Å². The van der Waals surface area contributed by atoms with Crippen LogP contribution < -0.4 is 9.64 Å². The van der Waals surface area contributed by atoms with Crippen molar-refractivity contribution in [1.29, 1.82) is 0 Å². The van der Waals surface area contributed by atoms with E-state index in [1.165, 1.54) is 60.4 Å². The SMILES string of the molecule is CC(=O)c1sc(N2CCOc3ccc(-c4cccc(CN5CCCCC5)c4)cc32)nc1C. The molecule has 0 radical (unpaired) electrons. The Balaban J connectivity index is 1.45. The van der Waals surface area contributed by atoms with Crippen LogP contribution in [0.3, 0.4) is 0 Å². The number of anilines is 2. The van der Waals surface area contributed by atoms with Gasteiger partial charge in [0, 0.05) is 13.5 Å². The number of carbonyl (C=O) groups is 1. The number of hydrogen-bond donors (Lipinski definition) is 0. The number of Topliss-reactive ketones (excluding diaryl/α,β-unsaturated/α-hetero) is 1. The molecule has 2 aliphatic rings. The molecule has 0 saturated carbocycles.